The largest absolute Gasteiger partial charge is 0.481 e. The van der Waals surface area contributed by atoms with Gasteiger partial charge in [0, 0.05) is 31.3 Å². The molecule has 0 bridgehead atoms. The Hall–Kier alpha value is -1.78. The Bertz CT molecular complexity index is 469. The van der Waals surface area contributed by atoms with Crippen LogP contribution in [0.2, 0.25) is 0 Å². The molecule has 0 aromatic carbocycles. The van der Waals surface area contributed by atoms with Crippen LogP contribution >= 0.6 is 0 Å². The molecule has 74 valence electrons. The van der Waals surface area contributed by atoms with E-state index in [1.807, 2.05) is 28.4 Å². The van der Waals surface area contributed by atoms with E-state index in [0.29, 0.717) is 6.42 Å². The zero-order chi connectivity index (χ0) is 10.1. The van der Waals surface area contributed by atoms with Crippen LogP contribution in [-0.2, 0) is 18.3 Å². The third kappa shape index (κ3) is 1.37. The molecule has 2 rings (SSSR count). The third-order valence-electron chi connectivity index (χ3n) is 2.26. The zero-order valence-corrected chi connectivity index (χ0v) is 7.84. The molecule has 0 aliphatic rings. The van der Waals surface area contributed by atoms with Gasteiger partial charge >= 0.3 is 5.97 Å². The van der Waals surface area contributed by atoms with Gasteiger partial charge in [-0.1, -0.05) is 0 Å². The summed E-state index contributed by atoms with van der Waals surface area (Å²) in [5.41, 5.74) is 0.982. The highest BCUT2D eigenvalue weighted by molar-refractivity contribution is 5.67. The summed E-state index contributed by atoms with van der Waals surface area (Å²) in [5.74, 6) is 0.0641. The summed E-state index contributed by atoms with van der Waals surface area (Å²) >= 11 is 0. The van der Waals surface area contributed by atoms with Gasteiger partial charge < -0.3 is 9.67 Å². The molecule has 0 fully saturated rings. The first-order chi connectivity index (χ1) is 6.68. The lowest BCUT2D eigenvalue weighted by molar-refractivity contribution is -0.136. The van der Waals surface area contributed by atoms with Crippen molar-refractivity contribution in [1.82, 2.24) is 14.0 Å². The Morgan fingerprint density at radius 3 is 3.07 bits per heavy atom. The number of fused-ring (bicyclic) bond motifs is 1. The van der Waals surface area contributed by atoms with Gasteiger partial charge in [-0.25, -0.2) is 4.98 Å². The Morgan fingerprint density at radius 1 is 1.64 bits per heavy atom. The van der Waals surface area contributed by atoms with Crippen molar-refractivity contribution in [2.75, 3.05) is 0 Å². The van der Waals surface area contributed by atoms with Crippen molar-refractivity contribution in [3.05, 3.63) is 24.3 Å². The van der Waals surface area contributed by atoms with Gasteiger partial charge in [-0.3, -0.25) is 9.20 Å². The monoisotopic (exact) mass is 193 g/mol. The highest BCUT2D eigenvalue weighted by Crippen LogP contribution is 2.09. The Labute approximate surface area is 80.6 Å². The minimum atomic E-state index is -0.774. The number of carboxylic acid groups (broad SMARTS) is 1. The molecule has 0 aliphatic carbocycles. The van der Waals surface area contributed by atoms with E-state index in [4.69, 9.17) is 5.11 Å². The first kappa shape index (κ1) is 8.80. The SMILES string of the molecule is Cn1c(CCC(=O)O)cn2ccnc12. The molecule has 2 aromatic heterocycles. The van der Waals surface area contributed by atoms with Crippen molar-refractivity contribution < 1.29 is 9.90 Å². The lowest BCUT2D eigenvalue weighted by Crippen LogP contribution is -2.02. The quantitative estimate of drug-likeness (QED) is 0.780. The lowest BCUT2D eigenvalue weighted by Gasteiger charge is -1.98. The van der Waals surface area contributed by atoms with E-state index in [2.05, 4.69) is 4.98 Å². The molecule has 2 aromatic rings. The molecule has 1 N–H and O–H groups in total. The van der Waals surface area contributed by atoms with Gasteiger partial charge in [0.2, 0.25) is 5.78 Å². The smallest absolute Gasteiger partial charge is 0.303 e. The first-order valence-electron chi connectivity index (χ1n) is 4.37. The Kier molecular flexibility index (Phi) is 1.99. The summed E-state index contributed by atoms with van der Waals surface area (Å²) < 4.78 is 3.79. The van der Waals surface area contributed by atoms with Crippen LogP contribution in [0.25, 0.3) is 5.78 Å². The third-order valence-corrected chi connectivity index (χ3v) is 2.26. The molecule has 14 heavy (non-hydrogen) atoms. The normalized spacial score (nSPS) is 10.9. The lowest BCUT2D eigenvalue weighted by atomic mass is 10.2. The van der Waals surface area contributed by atoms with Gasteiger partial charge in [0.15, 0.2) is 0 Å². The summed E-state index contributed by atoms with van der Waals surface area (Å²) in [5, 5.41) is 8.56. The number of aryl methyl sites for hydroxylation is 2. The number of aromatic nitrogens is 3. The fraction of sp³-hybridized carbons (Fsp3) is 0.333. The molecule has 5 heteroatoms. The van der Waals surface area contributed by atoms with Crippen LogP contribution in [0.5, 0.6) is 0 Å². The van der Waals surface area contributed by atoms with E-state index in [0.717, 1.165) is 11.5 Å². The summed E-state index contributed by atoms with van der Waals surface area (Å²) in [7, 11) is 1.89. The standard InChI is InChI=1S/C9H11N3O2/c1-11-7(2-3-8(13)14)6-12-5-4-10-9(11)12/h4-6H,2-3H2,1H3,(H,13,14). The second kappa shape index (κ2) is 3.17. The number of hydrogen-bond acceptors (Lipinski definition) is 2. The Balaban J connectivity index is 2.28. The van der Waals surface area contributed by atoms with Gasteiger partial charge in [0.25, 0.3) is 0 Å². The number of hydrogen-bond donors (Lipinski definition) is 1. The Morgan fingerprint density at radius 2 is 2.43 bits per heavy atom. The maximum atomic E-state index is 10.4. The maximum Gasteiger partial charge on any atom is 0.303 e. The molecule has 0 unspecified atom stereocenters. The number of aliphatic carboxylic acids is 1. The first-order valence-corrected chi connectivity index (χ1v) is 4.37. The van der Waals surface area contributed by atoms with Crippen LogP contribution in [0.15, 0.2) is 18.6 Å². The fourth-order valence-corrected chi connectivity index (χ4v) is 1.51. The molecule has 0 radical (unpaired) electrons. The average Bonchev–Trinajstić information content (AvgIpc) is 2.66. The van der Waals surface area contributed by atoms with Gasteiger partial charge in [-0.2, -0.15) is 0 Å². The van der Waals surface area contributed by atoms with E-state index in [1.165, 1.54) is 0 Å². The summed E-state index contributed by atoms with van der Waals surface area (Å²) in [4.78, 5) is 14.6. The average molecular weight is 193 g/mol. The van der Waals surface area contributed by atoms with Crippen LogP contribution in [0.3, 0.4) is 0 Å². The van der Waals surface area contributed by atoms with Crippen LogP contribution < -0.4 is 0 Å². The molecule has 0 saturated heterocycles. The van der Waals surface area contributed by atoms with Crippen molar-refractivity contribution in [2.24, 2.45) is 7.05 Å². The molecular weight excluding hydrogens is 182 g/mol. The van der Waals surface area contributed by atoms with Gasteiger partial charge in [0.1, 0.15) is 0 Å². The van der Waals surface area contributed by atoms with Crippen molar-refractivity contribution >= 4 is 11.7 Å². The van der Waals surface area contributed by atoms with Crippen LogP contribution in [0, 0.1) is 0 Å². The summed E-state index contributed by atoms with van der Waals surface area (Å²) in [6.45, 7) is 0. The van der Waals surface area contributed by atoms with E-state index < -0.39 is 5.97 Å². The minimum absolute atomic E-state index is 0.154. The molecule has 0 atom stereocenters. The molecule has 0 saturated carbocycles. The van der Waals surface area contributed by atoms with E-state index >= 15 is 0 Å². The molecule has 0 aliphatic heterocycles. The van der Waals surface area contributed by atoms with E-state index in [1.54, 1.807) is 6.20 Å². The van der Waals surface area contributed by atoms with Crippen molar-refractivity contribution in [1.29, 1.82) is 0 Å². The number of carboxylic acids is 1. The topological polar surface area (TPSA) is 59.5 Å². The predicted molar refractivity (Wildman–Crippen MR) is 50.1 cm³/mol. The van der Waals surface area contributed by atoms with Crippen molar-refractivity contribution in [2.45, 2.75) is 12.8 Å². The summed E-state index contributed by atoms with van der Waals surface area (Å²) in [6, 6.07) is 0. The zero-order valence-electron chi connectivity index (χ0n) is 7.84. The highest BCUT2D eigenvalue weighted by atomic mass is 16.4. The number of carbonyl (C=O) groups is 1. The molecule has 0 spiro atoms. The van der Waals surface area contributed by atoms with Gasteiger partial charge in [-0.05, 0) is 6.42 Å². The fourth-order valence-electron chi connectivity index (χ4n) is 1.51. The number of nitrogens with zero attached hydrogens (tertiary/aromatic N) is 3. The van der Waals surface area contributed by atoms with Gasteiger partial charge in [0.05, 0.1) is 6.42 Å². The predicted octanol–water partition coefficient (Wildman–Crippen LogP) is 0.690. The van der Waals surface area contributed by atoms with Crippen LogP contribution in [-0.4, -0.2) is 25.0 Å². The second-order valence-electron chi connectivity index (χ2n) is 3.21. The molecule has 5 nitrogen and oxygen atoms in total. The molecule has 2 heterocycles. The highest BCUT2D eigenvalue weighted by Gasteiger charge is 2.07. The molecular formula is C9H11N3O2. The minimum Gasteiger partial charge on any atom is -0.481 e. The van der Waals surface area contributed by atoms with Crippen LogP contribution in [0.1, 0.15) is 12.1 Å². The molecule has 0 amide bonds. The second-order valence-corrected chi connectivity index (χ2v) is 3.21. The van der Waals surface area contributed by atoms with Crippen molar-refractivity contribution in [3.8, 4) is 0 Å². The summed E-state index contributed by atoms with van der Waals surface area (Å²) in [6.07, 6.45) is 6.16. The number of imidazole rings is 2. The van der Waals surface area contributed by atoms with Crippen LogP contribution in [0.4, 0.5) is 0 Å². The van der Waals surface area contributed by atoms with E-state index in [9.17, 15) is 4.79 Å². The number of rotatable bonds is 3. The van der Waals surface area contributed by atoms with E-state index in [-0.39, 0.29) is 6.42 Å². The van der Waals surface area contributed by atoms with Crippen molar-refractivity contribution in [3.63, 3.8) is 0 Å². The van der Waals surface area contributed by atoms with Gasteiger partial charge in [-0.15, -0.1) is 0 Å². The maximum absolute atomic E-state index is 10.4.